The van der Waals surface area contributed by atoms with Gasteiger partial charge in [0.05, 0.1) is 0 Å². The molecule has 0 aromatic carbocycles. The molecule has 0 fully saturated rings. The Bertz CT molecular complexity index is 115. The first-order chi connectivity index (χ1) is 5.16. The van der Waals surface area contributed by atoms with Crippen LogP contribution in [0, 0.1) is 0 Å². The van der Waals surface area contributed by atoms with Gasteiger partial charge in [0.15, 0.2) is 0 Å². The molecule has 0 amide bonds. The minimum atomic E-state index is 0.602. The van der Waals surface area contributed by atoms with Gasteiger partial charge >= 0.3 is 0 Å². The smallest absolute Gasteiger partial charge is 0.0171 e. The van der Waals surface area contributed by atoms with E-state index >= 15 is 0 Å². The van der Waals surface area contributed by atoms with Crippen LogP contribution in [-0.2, 0) is 0 Å². The lowest BCUT2D eigenvalue weighted by molar-refractivity contribution is 0.365. The summed E-state index contributed by atoms with van der Waals surface area (Å²) in [5.41, 5.74) is 1.56. The molecule has 0 saturated carbocycles. The molecule has 0 N–H and O–H groups in total. The zero-order valence-corrected chi connectivity index (χ0v) is 9.40. The summed E-state index contributed by atoms with van der Waals surface area (Å²) in [6.45, 7) is 4.20. The second kappa shape index (κ2) is 7.14. The number of rotatable bonds is 5. The fourth-order valence-corrected chi connectivity index (χ4v) is 0.994. The van der Waals surface area contributed by atoms with Crippen LogP contribution in [0.1, 0.15) is 13.3 Å². The second-order valence-corrected chi connectivity index (χ2v) is 4.51. The summed E-state index contributed by atoms with van der Waals surface area (Å²) < 4.78 is 0. The molecule has 0 bridgehead atoms. The SMILES string of the molecule is CC(Br)CCN(C)C/C=C/Cl. The van der Waals surface area contributed by atoms with Crippen LogP contribution in [0.3, 0.4) is 0 Å². The lowest BCUT2D eigenvalue weighted by atomic mass is 10.3. The van der Waals surface area contributed by atoms with E-state index in [4.69, 9.17) is 11.6 Å². The van der Waals surface area contributed by atoms with Gasteiger partial charge in [0, 0.05) is 16.9 Å². The molecule has 0 radical (unpaired) electrons. The first-order valence-corrected chi connectivity index (χ1v) is 5.10. The number of hydrogen-bond donors (Lipinski definition) is 0. The monoisotopic (exact) mass is 239 g/mol. The second-order valence-electron chi connectivity index (χ2n) is 2.69. The highest BCUT2D eigenvalue weighted by atomic mass is 79.9. The van der Waals surface area contributed by atoms with Gasteiger partial charge in [-0.1, -0.05) is 40.5 Å². The van der Waals surface area contributed by atoms with Crippen LogP contribution in [0.15, 0.2) is 11.6 Å². The van der Waals surface area contributed by atoms with Crippen LogP contribution < -0.4 is 0 Å². The van der Waals surface area contributed by atoms with Crippen molar-refractivity contribution < 1.29 is 0 Å². The van der Waals surface area contributed by atoms with Gasteiger partial charge in [0.2, 0.25) is 0 Å². The predicted molar refractivity (Wildman–Crippen MR) is 55.5 cm³/mol. The first-order valence-electron chi connectivity index (χ1n) is 3.74. The molecule has 1 atom stereocenters. The van der Waals surface area contributed by atoms with Crippen molar-refractivity contribution in [2.45, 2.75) is 18.2 Å². The lowest BCUT2D eigenvalue weighted by Crippen LogP contribution is -2.21. The van der Waals surface area contributed by atoms with Crippen molar-refractivity contribution in [3.05, 3.63) is 11.6 Å². The van der Waals surface area contributed by atoms with Crippen molar-refractivity contribution in [2.24, 2.45) is 0 Å². The van der Waals surface area contributed by atoms with Gasteiger partial charge in [-0.15, -0.1) is 0 Å². The highest BCUT2D eigenvalue weighted by Crippen LogP contribution is 2.03. The normalized spacial score (nSPS) is 14.6. The van der Waals surface area contributed by atoms with Crippen LogP contribution in [0.4, 0.5) is 0 Å². The Balaban J connectivity index is 3.29. The largest absolute Gasteiger partial charge is 0.303 e. The molecule has 0 rings (SSSR count). The molecular formula is C8H15BrClN. The Morgan fingerprint density at radius 2 is 2.27 bits per heavy atom. The van der Waals surface area contributed by atoms with Crippen molar-refractivity contribution >= 4 is 27.5 Å². The van der Waals surface area contributed by atoms with Crippen molar-refractivity contribution in [1.82, 2.24) is 4.90 Å². The van der Waals surface area contributed by atoms with Gasteiger partial charge < -0.3 is 4.90 Å². The molecule has 0 aromatic heterocycles. The molecular weight excluding hydrogens is 225 g/mol. The zero-order chi connectivity index (χ0) is 8.69. The Labute approximate surface area is 82.5 Å². The van der Waals surface area contributed by atoms with E-state index in [-0.39, 0.29) is 0 Å². The fraction of sp³-hybridized carbons (Fsp3) is 0.750. The minimum Gasteiger partial charge on any atom is -0.303 e. The molecule has 0 saturated heterocycles. The van der Waals surface area contributed by atoms with Crippen LogP contribution in [-0.4, -0.2) is 29.9 Å². The maximum absolute atomic E-state index is 5.39. The van der Waals surface area contributed by atoms with Crippen LogP contribution in [0.5, 0.6) is 0 Å². The predicted octanol–water partition coefficient (Wildman–Crippen LogP) is 2.84. The van der Waals surface area contributed by atoms with Gasteiger partial charge in [-0.3, -0.25) is 0 Å². The summed E-state index contributed by atoms with van der Waals surface area (Å²) in [5, 5.41) is 0. The molecule has 0 aliphatic rings. The summed E-state index contributed by atoms with van der Waals surface area (Å²) >= 11 is 8.89. The molecule has 66 valence electrons. The number of nitrogens with zero attached hydrogens (tertiary/aromatic N) is 1. The fourth-order valence-electron chi connectivity index (χ4n) is 0.709. The maximum Gasteiger partial charge on any atom is 0.0171 e. The van der Waals surface area contributed by atoms with Crippen molar-refractivity contribution in [2.75, 3.05) is 20.1 Å². The summed E-state index contributed by atoms with van der Waals surface area (Å²) in [4.78, 5) is 2.83. The zero-order valence-electron chi connectivity index (χ0n) is 7.06. The Hall–Kier alpha value is 0.470. The summed E-state index contributed by atoms with van der Waals surface area (Å²) in [6, 6.07) is 0. The van der Waals surface area contributed by atoms with E-state index in [1.165, 1.54) is 6.42 Å². The van der Waals surface area contributed by atoms with E-state index < -0.39 is 0 Å². The standard InChI is InChI=1S/C8H15BrClN/c1-8(9)4-7-11(2)6-3-5-10/h3,5,8H,4,6-7H2,1-2H3/b5-3+. The Morgan fingerprint density at radius 1 is 1.64 bits per heavy atom. The molecule has 1 nitrogen and oxygen atoms in total. The van der Waals surface area contributed by atoms with Gasteiger partial charge in [-0.2, -0.15) is 0 Å². The van der Waals surface area contributed by atoms with E-state index in [2.05, 4.69) is 34.8 Å². The van der Waals surface area contributed by atoms with E-state index in [1.807, 2.05) is 6.08 Å². The quantitative estimate of drug-likeness (QED) is 0.668. The van der Waals surface area contributed by atoms with E-state index in [9.17, 15) is 0 Å². The number of halogens is 2. The van der Waals surface area contributed by atoms with Gasteiger partial charge in [0.25, 0.3) is 0 Å². The van der Waals surface area contributed by atoms with Gasteiger partial charge in [0.1, 0.15) is 0 Å². The molecule has 0 aromatic rings. The molecule has 1 unspecified atom stereocenters. The van der Waals surface area contributed by atoms with Crippen LogP contribution >= 0.6 is 27.5 Å². The Kier molecular flexibility index (Phi) is 7.44. The minimum absolute atomic E-state index is 0.602. The van der Waals surface area contributed by atoms with E-state index in [1.54, 1.807) is 5.54 Å². The lowest BCUT2D eigenvalue weighted by Gasteiger charge is -2.14. The van der Waals surface area contributed by atoms with Crippen molar-refractivity contribution in [1.29, 1.82) is 0 Å². The van der Waals surface area contributed by atoms with Crippen LogP contribution in [0.2, 0.25) is 0 Å². The van der Waals surface area contributed by atoms with Crippen LogP contribution in [0.25, 0.3) is 0 Å². The average molecular weight is 241 g/mol. The third kappa shape index (κ3) is 8.38. The molecule has 11 heavy (non-hydrogen) atoms. The molecule has 0 aliphatic carbocycles. The summed E-state index contributed by atoms with van der Waals surface area (Å²) in [6.07, 6.45) is 3.12. The highest BCUT2D eigenvalue weighted by molar-refractivity contribution is 9.09. The third-order valence-corrected chi connectivity index (χ3v) is 2.05. The molecule has 0 spiro atoms. The maximum atomic E-state index is 5.39. The van der Waals surface area contributed by atoms with Crippen molar-refractivity contribution in [3.63, 3.8) is 0 Å². The van der Waals surface area contributed by atoms with E-state index in [0.29, 0.717) is 4.83 Å². The van der Waals surface area contributed by atoms with Gasteiger partial charge in [-0.05, 0) is 20.0 Å². The van der Waals surface area contributed by atoms with E-state index in [0.717, 1.165) is 13.1 Å². The topological polar surface area (TPSA) is 3.24 Å². The molecule has 0 heterocycles. The summed E-state index contributed by atoms with van der Waals surface area (Å²) in [7, 11) is 2.09. The van der Waals surface area contributed by atoms with Crippen molar-refractivity contribution in [3.8, 4) is 0 Å². The molecule has 0 aliphatic heterocycles. The molecule has 3 heteroatoms. The number of alkyl halides is 1. The third-order valence-electron chi connectivity index (χ3n) is 1.41. The Morgan fingerprint density at radius 3 is 2.73 bits per heavy atom. The average Bonchev–Trinajstić information content (AvgIpc) is 1.97. The number of hydrogen-bond acceptors (Lipinski definition) is 1. The first kappa shape index (κ1) is 11.5. The van der Waals surface area contributed by atoms with Gasteiger partial charge in [-0.25, -0.2) is 0 Å². The summed E-state index contributed by atoms with van der Waals surface area (Å²) in [5.74, 6) is 0. The highest BCUT2D eigenvalue weighted by Gasteiger charge is 1.98. The number of likely N-dealkylation sites (N-methyl/N-ethyl adjacent to an activating group) is 1.